The second kappa shape index (κ2) is 6.75. The van der Waals surface area contributed by atoms with Crippen molar-refractivity contribution in [3.05, 3.63) is 29.3 Å². The first-order chi connectivity index (χ1) is 9.65. The van der Waals surface area contributed by atoms with Crippen molar-refractivity contribution in [2.45, 2.75) is 51.1 Å². The van der Waals surface area contributed by atoms with Crippen LogP contribution in [-0.4, -0.2) is 30.3 Å². The van der Waals surface area contributed by atoms with Gasteiger partial charge in [0.15, 0.2) is 0 Å². The number of hydrogen-bond acceptors (Lipinski definition) is 3. The van der Waals surface area contributed by atoms with Crippen molar-refractivity contribution in [2.24, 2.45) is 0 Å². The zero-order valence-corrected chi connectivity index (χ0v) is 12.2. The average Bonchev–Trinajstić information content (AvgIpc) is 2.45. The first kappa shape index (κ1) is 14.9. The fourth-order valence-corrected chi connectivity index (χ4v) is 2.96. The van der Waals surface area contributed by atoms with Crippen LogP contribution in [0.2, 0.25) is 0 Å². The highest BCUT2D eigenvalue weighted by Gasteiger charge is 2.25. The van der Waals surface area contributed by atoms with Crippen LogP contribution in [0.15, 0.2) is 18.2 Å². The number of ether oxygens (including phenoxy) is 1. The van der Waals surface area contributed by atoms with Gasteiger partial charge < -0.3 is 15.2 Å². The fourth-order valence-electron chi connectivity index (χ4n) is 2.96. The highest BCUT2D eigenvalue weighted by Crippen LogP contribution is 2.29. The maximum absolute atomic E-state index is 11.2. The topological polar surface area (TPSA) is 58.6 Å². The summed E-state index contributed by atoms with van der Waals surface area (Å²) in [4.78, 5) is 11.2. The van der Waals surface area contributed by atoms with E-state index in [9.17, 15) is 9.90 Å². The zero-order valence-electron chi connectivity index (χ0n) is 12.2. The molecule has 2 unspecified atom stereocenters. The minimum absolute atomic E-state index is 0.238. The number of rotatable bonds is 6. The van der Waals surface area contributed by atoms with E-state index in [1.165, 1.54) is 11.1 Å². The van der Waals surface area contributed by atoms with Crippen molar-refractivity contribution >= 4 is 5.97 Å². The van der Waals surface area contributed by atoms with E-state index in [-0.39, 0.29) is 6.04 Å². The number of carboxylic acid groups (broad SMARTS) is 1. The number of hydrogen-bond donors (Lipinski definition) is 2. The Kier molecular flexibility index (Phi) is 5.01. The number of nitrogens with one attached hydrogen (secondary N) is 1. The zero-order chi connectivity index (χ0) is 14.5. The summed E-state index contributed by atoms with van der Waals surface area (Å²) in [6.07, 6.45) is 4.33. The molecule has 4 nitrogen and oxygen atoms in total. The van der Waals surface area contributed by atoms with Crippen molar-refractivity contribution in [3.8, 4) is 5.75 Å². The highest BCUT2D eigenvalue weighted by molar-refractivity contribution is 5.73. The monoisotopic (exact) mass is 277 g/mol. The van der Waals surface area contributed by atoms with Gasteiger partial charge in [0.2, 0.25) is 0 Å². The van der Waals surface area contributed by atoms with Gasteiger partial charge in [-0.1, -0.05) is 25.5 Å². The third-order valence-corrected chi connectivity index (χ3v) is 3.97. The van der Waals surface area contributed by atoms with E-state index in [0.29, 0.717) is 6.42 Å². The molecule has 0 bridgehead atoms. The first-order valence-corrected chi connectivity index (χ1v) is 7.29. The Labute approximate surface area is 120 Å². The lowest BCUT2D eigenvalue weighted by molar-refractivity contribution is -0.139. The number of benzene rings is 1. The van der Waals surface area contributed by atoms with E-state index in [1.807, 2.05) is 19.1 Å². The molecule has 0 spiro atoms. The smallest absolute Gasteiger partial charge is 0.320 e. The quantitative estimate of drug-likeness (QED) is 0.838. The SMILES string of the molecule is CCCC(NC1CCc2c(cccc2OC)C1)C(=O)O. The Morgan fingerprint density at radius 1 is 1.55 bits per heavy atom. The van der Waals surface area contributed by atoms with Gasteiger partial charge >= 0.3 is 5.97 Å². The average molecular weight is 277 g/mol. The number of aliphatic carboxylic acids is 1. The number of carboxylic acids is 1. The molecule has 0 aromatic heterocycles. The van der Waals surface area contributed by atoms with E-state index in [2.05, 4.69) is 11.4 Å². The molecular formula is C16H23NO3. The normalized spacial score (nSPS) is 19.2. The summed E-state index contributed by atoms with van der Waals surface area (Å²) < 4.78 is 5.39. The lowest BCUT2D eigenvalue weighted by atomic mass is 9.87. The Balaban J connectivity index is 2.05. The van der Waals surface area contributed by atoms with Gasteiger partial charge in [-0.25, -0.2) is 0 Å². The van der Waals surface area contributed by atoms with Gasteiger partial charge in [-0.15, -0.1) is 0 Å². The van der Waals surface area contributed by atoms with Crippen LogP contribution in [0.5, 0.6) is 5.75 Å². The summed E-state index contributed by atoms with van der Waals surface area (Å²) in [7, 11) is 1.70. The van der Waals surface area contributed by atoms with Crippen LogP contribution >= 0.6 is 0 Å². The summed E-state index contributed by atoms with van der Waals surface area (Å²) >= 11 is 0. The second-order valence-corrected chi connectivity index (χ2v) is 5.38. The molecular weight excluding hydrogens is 254 g/mol. The van der Waals surface area contributed by atoms with Crippen molar-refractivity contribution in [1.29, 1.82) is 0 Å². The predicted octanol–water partition coefficient (Wildman–Crippen LogP) is 2.40. The van der Waals surface area contributed by atoms with Gasteiger partial charge in [-0.05, 0) is 42.9 Å². The molecule has 0 amide bonds. The van der Waals surface area contributed by atoms with Crippen molar-refractivity contribution in [2.75, 3.05) is 7.11 Å². The van der Waals surface area contributed by atoms with Crippen molar-refractivity contribution < 1.29 is 14.6 Å². The molecule has 1 aromatic carbocycles. The number of methoxy groups -OCH3 is 1. The molecule has 110 valence electrons. The molecule has 0 aliphatic heterocycles. The Morgan fingerprint density at radius 2 is 2.35 bits per heavy atom. The van der Waals surface area contributed by atoms with E-state index in [4.69, 9.17) is 4.74 Å². The Morgan fingerprint density at radius 3 is 3.00 bits per heavy atom. The summed E-state index contributed by atoms with van der Waals surface area (Å²) in [6.45, 7) is 2.01. The molecule has 0 saturated carbocycles. The van der Waals surface area contributed by atoms with E-state index in [0.717, 1.165) is 31.4 Å². The molecule has 0 saturated heterocycles. The molecule has 0 fully saturated rings. The van der Waals surface area contributed by atoms with Crippen LogP contribution < -0.4 is 10.1 Å². The van der Waals surface area contributed by atoms with E-state index in [1.54, 1.807) is 7.11 Å². The number of carbonyl (C=O) groups is 1. The van der Waals surface area contributed by atoms with Crippen molar-refractivity contribution in [3.63, 3.8) is 0 Å². The van der Waals surface area contributed by atoms with Gasteiger partial charge in [0.05, 0.1) is 7.11 Å². The van der Waals surface area contributed by atoms with Gasteiger partial charge in [-0.3, -0.25) is 4.79 Å². The van der Waals surface area contributed by atoms with Crippen LogP contribution in [0.4, 0.5) is 0 Å². The van der Waals surface area contributed by atoms with Gasteiger partial charge in [0, 0.05) is 6.04 Å². The Hall–Kier alpha value is -1.55. The van der Waals surface area contributed by atoms with Crippen LogP contribution in [0, 0.1) is 0 Å². The largest absolute Gasteiger partial charge is 0.496 e. The molecule has 1 aliphatic carbocycles. The van der Waals surface area contributed by atoms with Crippen LogP contribution in [0.3, 0.4) is 0 Å². The highest BCUT2D eigenvalue weighted by atomic mass is 16.5. The summed E-state index contributed by atoms with van der Waals surface area (Å²) in [6, 6.07) is 5.91. The molecule has 4 heteroatoms. The summed E-state index contributed by atoms with van der Waals surface area (Å²) in [5.41, 5.74) is 2.55. The molecule has 0 radical (unpaired) electrons. The lowest BCUT2D eigenvalue weighted by Gasteiger charge is -2.29. The van der Waals surface area contributed by atoms with Gasteiger partial charge in [0.25, 0.3) is 0 Å². The van der Waals surface area contributed by atoms with Crippen LogP contribution in [0.1, 0.15) is 37.3 Å². The molecule has 0 heterocycles. The molecule has 2 atom stereocenters. The van der Waals surface area contributed by atoms with Gasteiger partial charge in [0.1, 0.15) is 11.8 Å². The first-order valence-electron chi connectivity index (χ1n) is 7.29. The fraction of sp³-hybridized carbons (Fsp3) is 0.562. The minimum Gasteiger partial charge on any atom is -0.496 e. The maximum Gasteiger partial charge on any atom is 0.320 e. The van der Waals surface area contributed by atoms with E-state index >= 15 is 0 Å². The third-order valence-electron chi connectivity index (χ3n) is 3.97. The predicted molar refractivity (Wildman–Crippen MR) is 78.3 cm³/mol. The third kappa shape index (κ3) is 3.31. The minimum atomic E-state index is -0.747. The maximum atomic E-state index is 11.2. The van der Waals surface area contributed by atoms with Crippen LogP contribution in [-0.2, 0) is 17.6 Å². The molecule has 2 rings (SSSR count). The van der Waals surface area contributed by atoms with Crippen LogP contribution in [0.25, 0.3) is 0 Å². The molecule has 2 N–H and O–H groups in total. The second-order valence-electron chi connectivity index (χ2n) is 5.38. The molecule has 1 aliphatic rings. The van der Waals surface area contributed by atoms with Gasteiger partial charge in [-0.2, -0.15) is 0 Å². The lowest BCUT2D eigenvalue weighted by Crippen LogP contribution is -2.45. The molecule has 20 heavy (non-hydrogen) atoms. The molecule has 1 aromatic rings. The Bertz CT molecular complexity index is 473. The van der Waals surface area contributed by atoms with Crippen molar-refractivity contribution in [1.82, 2.24) is 5.32 Å². The number of fused-ring (bicyclic) bond motifs is 1. The van der Waals surface area contributed by atoms with E-state index < -0.39 is 12.0 Å². The summed E-state index contributed by atoms with van der Waals surface area (Å²) in [5, 5.41) is 12.5. The summed E-state index contributed by atoms with van der Waals surface area (Å²) in [5.74, 6) is 0.201. The standard InChI is InChI=1S/C16H23NO3/c1-3-5-14(16(18)19)17-12-8-9-13-11(10-12)6-4-7-15(13)20-2/h4,6-7,12,14,17H,3,5,8-10H2,1-2H3,(H,18,19).